The summed E-state index contributed by atoms with van der Waals surface area (Å²) in [6.07, 6.45) is 0.927. The van der Waals surface area contributed by atoms with Gasteiger partial charge in [0, 0.05) is 10.9 Å². The molecule has 0 aromatic heterocycles. The largest absolute Gasteiger partial charge is 0.487 e. The maximum absolute atomic E-state index is 6.02. The average Bonchev–Trinajstić information content (AvgIpc) is 2.79. The SMILES string of the molecule is Cc1ccc2c(c1)CC(COc1c(C)cc(Br)cc1N)O2. The average molecular weight is 348 g/mol. The second kappa shape index (κ2) is 5.60. The van der Waals surface area contributed by atoms with Gasteiger partial charge in [-0.3, -0.25) is 0 Å². The highest BCUT2D eigenvalue weighted by Gasteiger charge is 2.23. The van der Waals surface area contributed by atoms with Crippen molar-refractivity contribution < 1.29 is 9.47 Å². The van der Waals surface area contributed by atoms with Gasteiger partial charge in [0.05, 0.1) is 5.69 Å². The molecular weight excluding hydrogens is 330 g/mol. The Morgan fingerprint density at radius 1 is 1.29 bits per heavy atom. The second-order valence-electron chi connectivity index (χ2n) is 5.51. The number of aryl methyl sites for hydroxylation is 2. The molecular formula is C17H18BrNO2. The van der Waals surface area contributed by atoms with Crippen molar-refractivity contribution in [2.24, 2.45) is 0 Å². The Morgan fingerprint density at radius 2 is 2.10 bits per heavy atom. The highest BCUT2D eigenvalue weighted by molar-refractivity contribution is 9.10. The molecule has 0 saturated carbocycles. The fourth-order valence-corrected chi connectivity index (χ4v) is 3.26. The number of anilines is 1. The fourth-order valence-electron chi connectivity index (χ4n) is 2.67. The molecule has 4 heteroatoms. The van der Waals surface area contributed by atoms with Gasteiger partial charge in [-0.15, -0.1) is 0 Å². The number of fused-ring (bicyclic) bond motifs is 1. The Balaban J connectivity index is 1.68. The summed E-state index contributed by atoms with van der Waals surface area (Å²) in [6.45, 7) is 4.58. The van der Waals surface area contributed by atoms with Gasteiger partial charge in [0.1, 0.15) is 24.2 Å². The zero-order valence-corrected chi connectivity index (χ0v) is 13.7. The van der Waals surface area contributed by atoms with Crippen molar-refractivity contribution >= 4 is 21.6 Å². The summed E-state index contributed by atoms with van der Waals surface area (Å²) < 4.78 is 12.8. The Hall–Kier alpha value is -1.68. The van der Waals surface area contributed by atoms with Crippen LogP contribution in [0.5, 0.6) is 11.5 Å². The molecule has 2 N–H and O–H groups in total. The van der Waals surface area contributed by atoms with Crippen molar-refractivity contribution in [2.75, 3.05) is 12.3 Å². The summed E-state index contributed by atoms with van der Waals surface area (Å²) in [5.74, 6) is 1.71. The predicted octanol–water partition coefficient (Wildman–Crippen LogP) is 4.03. The molecule has 2 aromatic rings. The monoisotopic (exact) mass is 347 g/mol. The Bertz CT molecular complexity index is 661. The molecule has 0 spiro atoms. The third-order valence-electron chi connectivity index (χ3n) is 3.64. The topological polar surface area (TPSA) is 44.5 Å². The molecule has 0 bridgehead atoms. The van der Waals surface area contributed by atoms with Crippen LogP contribution in [0.4, 0.5) is 5.69 Å². The number of halogens is 1. The lowest BCUT2D eigenvalue weighted by Crippen LogP contribution is -2.22. The predicted molar refractivity (Wildman–Crippen MR) is 88.1 cm³/mol. The van der Waals surface area contributed by atoms with Gasteiger partial charge >= 0.3 is 0 Å². The molecule has 0 aliphatic carbocycles. The van der Waals surface area contributed by atoms with Crippen molar-refractivity contribution in [3.05, 3.63) is 51.5 Å². The van der Waals surface area contributed by atoms with Crippen molar-refractivity contribution in [1.29, 1.82) is 0 Å². The summed E-state index contributed by atoms with van der Waals surface area (Å²) in [5.41, 5.74) is 10.2. The highest BCUT2D eigenvalue weighted by Crippen LogP contribution is 2.32. The van der Waals surface area contributed by atoms with E-state index in [4.69, 9.17) is 15.2 Å². The maximum atomic E-state index is 6.02. The van der Waals surface area contributed by atoms with Crippen molar-refractivity contribution in [3.63, 3.8) is 0 Å². The molecule has 0 saturated heterocycles. The van der Waals surface area contributed by atoms with Crippen LogP contribution >= 0.6 is 15.9 Å². The van der Waals surface area contributed by atoms with E-state index in [1.165, 1.54) is 11.1 Å². The lowest BCUT2D eigenvalue weighted by molar-refractivity contribution is 0.148. The van der Waals surface area contributed by atoms with E-state index in [9.17, 15) is 0 Å². The summed E-state index contributed by atoms with van der Waals surface area (Å²) in [5, 5.41) is 0. The zero-order valence-electron chi connectivity index (χ0n) is 12.2. The number of rotatable bonds is 3. The van der Waals surface area contributed by atoms with E-state index in [1.54, 1.807) is 0 Å². The Kier molecular flexibility index (Phi) is 3.81. The summed E-state index contributed by atoms with van der Waals surface area (Å²) in [6, 6.07) is 10.1. The summed E-state index contributed by atoms with van der Waals surface area (Å²) in [7, 11) is 0. The first-order chi connectivity index (χ1) is 10.0. The quantitative estimate of drug-likeness (QED) is 0.852. The first kappa shape index (κ1) is 14.3. The Labute approximate surface area is 133 Å². The molecule has 1 aliphatic heterocycles. The standard InChI is InChI=1S/C17H18BrNO2/c1-10-3-4-16-12(5-10)7-14(21-16)9-20-17-11(2)6-13(18)8-15(17)19/h3-6,8,14H,7,9,19H2,1-2H3. The van der Waals surface area contributed by atoms with Gasteiger partial charge in [0.15, 0.2) is 0 Å². The van der Waals surface area contributed by atoms with Crippen LogP contribution in [0.3, 0.4) is 0 Å². The van der Waals surface area contributed by atoms with Gasteiger partial charge in [-0.1, -0.05) is 33.6 Å². The van der Waals surface area contributed by atoms with Gasteiger partial charge in [-0.25, -0.2) is 0 Å². The van der Waals surface area contributed by atoms with E-state index in [0.29, 0.717) is 12.3 Å². The molecule has 1 unspecified atom stereocenters. The molecule has 0 radical (unpaired) electrons. The van der Waals surface area contributed by atoms with E-state index >= 15 is 0 Å². The third-order valence-corrected chi connectivity index (χ3v) is 4.10. The molecule has 2 aromatic carbocycles. The molecule has 3 nitrogen and oxygen atoms in total. The van der Waals surface area contributed by atoms with Crippen molar-refractivity contribution in [2.45, 2.75) is 26.4 Å². The van der Waals surface area contributed by atoms with Gasteiger partial charge in [-0.05, 0) is 43.2 Å². The van der Waals surface area contributed by atoms with Crippen LogP contribution in [0, 0.1) is 13.8 Å². The summed E-state index contributed by atoms with van der Waals surface area (Å²) >= 11 is 3.43. The van der Waals surface area contributed by atoms with Gasteiger partial charge < -0.3 is 15.2 Å². The van der Waals surface area contributed by atoms with Crippen LogP contribution in [-0.4, -0.2) is 12.7 Å². The maximum Gasteiger partial charge on any atom is 0.145 e. The van der Waals surface area contributed by atoms with Crippen LogP contribution in [0.15, 0.2) is 34.8 Å². The second-order valence-corrected chi connectivity index (χ2v) is 6.42. The third kappa shape index (κ3) is 3.00. The molecule has 1 aliphatic rings. The van der Waals surface area contributed by atoms with Gasteiger partial charge in [0.25, 0.3) is 0 Å². The minimum Gasteiger partial charge on any atom is -0.487 e. The first-order valence-electron chi connectivity index (χ1n) is 6.97. The normalized spacial score (nSPS) is 16.4. The molecule has 0 amide bonds. The first-order valence-corrected chi connectivity index (χ1v) is 7.77. The molecule has 3 rings (SSSR count). The van der Waals surface area contributed by atoms with Crippen molar-refractivity contribution in [1.82, 2.24) is 0 Å². The molecule has 1 heterocycles. The number of hydrogen-bond acceptors (Lipinski definition) is 3. The molecule has 110 valence electrons. The Morgan fingerprint density at radius 3 is 2.86 bits per heavy atom. The number of nitrogen functional groups attached to an aromatic ring is 1. The van der Waals surface area contributed by atoms with E-state index in [1.807, 2.05) is 25.1 Å². The smallest absolute Gasteiger partial charge is 0.145 e. The molecule has 21 heavy (non-hydrogen) atoms. The highest BCUT2D eigenvalue weighted by atomic mass is 79.9. The van der Waals surface area contributed by atoms with Gasteiger partial charge in [0.2, 0.25) is 0 Å². The number of benzene rings is 2. The summed E-state index contributed by atoms with van der Waals surface area (Å²) in [4.78, 5) is 0. The van der Waals surface area contributed by atoms with Crippen LogP contribution < -0.4 is 15.2 Å². The van der Waals surface area contributed by atoms with Crippen LogP contribution in [0.2, 0.25) is 0 Å². The van der Waals surface area contributed by atoms with Crippen LogP contribution in [0.25, 0.3) is 0 Å². The minimum atomic E-state index is 0.0456. The number of nitrogens with two attached hydrogens (primary N) is 1. The van der Waals surface area contributed by atoms with Gasteiger partial charge in [-0.2, -0.15) is 0 Å². The van der Waals surface area contributed by atoms with E-state index in [2.05, 4.69) is 35.0 Å². The van der Waals surface area contributed by atoms with Crippen LogP contribution in [-0.2, 0) is 6.42 Å². The van der Waals surface area contributed by atoms with Crippen LogP contribution in [0.1, 0.15) is 16.7 Å². The lowest BCUT2D eigenvalue weighted by Gasteiger charge is -2.16. The zero-order chi connectivity index (χ0) is 15.0. The van der Waals surface area contributed by atoms with E-state index in [-0.39, 0.29) is 6.10 Å². The number of ether oxygens (including phenoxy) is 2. The lowest BCUT2D eigenvalue weighted by atomic mass is 10.1. The minimum absolute atomic E-state index is 0.0456. The molecule has 1 atom stereocenters. The van der Waals surface area contributed by atoms with E-state index in [0.717, 1.165) is 28.0 Å². The molecule has 0 fully saturated rings. The fraction of sp³-hybridized carbons (Fsp3) is 0.294. The number of hydrogen-bond donors (Lipinski definition) is 1. The van der Waals surface area contributed by atoms with E-state index < -0.39 is 0 Å². The van der Waals surface area contributed by atoms with Crippen molar-refractivity contribution in [3.8, 4) is 11.5 Å².